The van der Waals surface area contributed by atoms with E-state index in [4.69, 9.17) is 5.73 Å². The first kappa shape index (κ1) is 10.2. The van der Waals surface area contributed by atoms with Crippen LogP contribution in [0.5, 0.6) is 0 Å². The molecule has 0 atom stereocenters. The Morgan fingerprint density at radius 3 is 3.06 bits per heavy atom. The number of aromatic amines is 1. The molecular formula is C10H11N5O. The third kappa shape index (κ3) is 2.57. The number of pyridine rings is 1. The molecule has 1 amide bonds. The summed E-state index contributed by atoms with van der Waals surface area (Å²) in [5, 5.41) is 9.01. The Kier molecular flexibility index (Phi) is 2.81. The van der Waals surface area contributed by atoms with Crippen LogP contribution in [0.2, 0.25) is 0 Å². The molecule has 0 bridgehead atoms. The molecule has 2 rings (SSSR count). The van der Waals surface area contributed by atoms with Gasteiger partial charge in [-0.25, -0.2) is 4.98 Å². The lowest BCUT2D eigenvalue weighted by Gasteiger charge is -2.02. The monoisotopic (exact) mass is 217 g/mol. The zero-order chi connectivity index (χ0) is 11.4. The number of rotatable bonds is 3. The van der Waals surface area contributed by atoms with Crippen molar-refractivity contribution in [1.29, 1.82) is 0 Å². The van der Waals surface area contributed by atoms with Gasteiger partial charge in [0.2, 0.25) is 5.91 Å². The number of nitrogen functional groups attached to an aromatic ring is 1. The van der Waals surface area contributed by atoms with E-state index in [0.29, 0.717) is 17.2 Å². The molecule has 0 radical (unpaired) electrons. The van der Waals surface area contributed by atoms with Gasteiger partial charge in [-0.15, -0.1) is 0 Å². The quantitative estimate of drug-likeness (QED) is 0.700. The van der Waals surface area contributed by atoms with Crippen LogP contribution >= 0.6 is 0 Å². The van der Waals surface area contributed by atoms with Crippen LogP contribution in [-0.4, -0.2) is 21.1 Å². The number of hydrogen-bond donors (Lipinski definition) is 3. The first-order valence-corrected chi connectivity index (χ1v) is 4.74. The van der Waals surface area contributed by atoms with E-state index < -0.39 is 0 Å². The van der Waals surface area contributed by atoms with Gasteiger partial charge in [-0.3, -0.25) is 9.89 Å². The minimum Gasteiger partial charge on any atom is -0.384 e. The average Bonchev–Trinajstić information content (AvgIpc) is 2.70. The van der Waals surface area contributed by atoms with Crippen molar-refractivity contribution in [1.82, 2.24) is 15.2 Å². The standard InChI is InChI=1S/C10H11N5O/c11-9-3-1-2-7(14-9)4-10(16)15-8-5-12-13-6-8/h1-3,5-6H,4H2,(H2,11,14)(H,12,13)(H,15,16). The maximum atomic E-state index is 11.6. The summed E-state index contributed by atoms with van der Waals surface area (Å²) in [7, 11) is 0. The molecule has 6 heteroatoms. The van der Waals surface area contributed by atoms with Gasteiger partial charge in [0.15, 0.2) is 0 Å². The molecule has 0 spiro atoms. The summed E-state index contributed by atoms with van der Waals surface area (Å²) in [6.07, 6.45) is 3.32. The van der Waals surface area contributed by atoms with Crippen LogP contribution in [0.3, 0.4) is 0 Å². The van der Waals surface area contributed by atoms with E-state index in [9.17, 15) is 4.79 Å². The van der Waals surface area contributed by atoms with Crippen molar-refractivity contribution in [2.75, 3.05) is 11.1 Å². The van der Waals surface area contributed by atoms with Gasteiger partial charge in [-0.1, -0.05) is 6.07 Å². The maximum absolute atomic E-state index is 11.6. The number of aromatic nitrogens is 3. The number of amides is 1. The van der Waals surface area contributed by atoms with Crippen molar-refractivity contribution < 1.29 is 4.79 Å². The highest BCUT2D eigenvalue weighted by Gasteiger charge is 2.05. The topological polar surface area (TPSA) is 96.7 Å². The van der Waals surface area contributed by atoms with Crippen molar-refractivity contribution in [2.24, 2.45) is 0 Å². The second kappa shape index (κ2) is 4.43. The molecule has 0 aliphatic heterocycles. The highest BCUT2D eigenvalue weighted by Crippen LogP contribution is 2.05. The molecule has 2 heterocycles. The molecule has 0 aliphatic rings. The zero-order valence-electron chi connectivity index (χ0n) is 8.47. The zero-order valence-corrected chi connectivity index (χ0v) is 8.47. The molecule has 0 saturated carbocycles. The Morgan fingerprint density at radius 2 is 2.38 bits per heavy atom. The lowest BCUT2D eigenvalue weighted by Crippen LogP contribution is -2.15. The highest BCUT2D eigenvalue weighted by atomic mass is 16.1. The lowest BCUT2D eigenvalue weighted by atomic mass is 10.2. The Balaban J connectivity index is 1.97. The van der Waals surface area contributed by atoms with Gasteiger partial charge < -0.3 is 11.1 Å². The van der Waals surface area contributed by atoms with E-state index in [1.807, 2.05) is 0 Å². The lowest BCUT2D eigenvalue weighted by molar-refractivity contribution is -0.115. The number of H-pyrrole nitrogens is 1. The summed E-state index contributed by atoms with van der Waals surface area (Å²) < 4.78 is 0. The van der Waals surface area contributed by atoms with Crippen LogP contribution < -0.4 is 11.1 Å². The predicted molar refractivity (Wildman–Crippen MR) is 59.6 cm³/mol. The molecule has 6 nitrogen and oxygen atoms in total. The Bertz CT molecular complexity index is 480. The summed E-state index contributed by atoms with van der Waals surface area (Å²) in [6, 6.07) is 5.20. The second-order valence-electron chi connectivity index (χ2n) is 3.27. The normalized spacial score (nSPS) is 10.0. The fourth-order valence-electron chi connectivity index (χ4n) is 1.29. The van der Waals surface area contributed by atoms with Crippen LogP contribution in [0.15, 0.2) is 30.6 Å². The molecule has 16 heavy (non-hydrogen) atoms. The van der Waals surface area contributed by atoms with Gasteiger partial charge in [0, 0.05) is 6.20 Å². The van der Waals surface area contributed by atoms with Crippen LogP contribution in [0.4, 0.5) is 11.5 Å². The van der Waals surface area contributed by atoms with Gasteiger partial charge in [0.05, 0.1) is 24.0 Å². The van der Waals surface area contributed by atoms with E-state index in [0.717, 1.165) is 0 Å². The number of anilines is 2. The minimum atomic E-state index is -0.153. The highest BCUT2D eigenvalue weighted by molar-refractivity contribution is 5.91. The van der Waals surface area contributed by atoms with Crippen molar-refractivity contribution in [3.05, 3.63) is 36.3 Å². The Morgan fingerprint density at radius 1 is 1.50 bits per heavy atom. The van der Waals surface area contributed by atoms with Gasteiger partial charge in [0.25, 0.3) is 0 Å². The maximum Gasteiger partial charge on any atom is 0.230 e. The largest absolute Gasteiger partial charge is 0.384 e. The molecule has 0 saturated heterocycles. The molecule has 82 valence electrons. The third-order valence-electron chi connectivity index (χ3n) is 1.95. The van der Waals surface area contributed by atoms with Crippen molar-refractivity contribution in [3.8, 4) is 0 Å². The smallest absolute Gasteiger partial charge is 0.230 e. The van der Waals surface area contributed by atoms with E-state index in [1.165, 1.54) is 6.20 Å². The van der Waals surface area contributed by atoms with Gasteiger partial charge in [0.1, 0.15) is 5.82 Å². The number of nitrogens with two attached hydrogens (primary N) is 1. The summed E-state index contributed by atoms with van der Waals surface area (Å²) in [5.41, 5.74) is 6.79. The molecule has 2 aromatic heterocycles. The SMILES string of the molecule is Nc1cccc(CC(=O)Nc2cn[nH]c2)n1. The van der Waals surface area contributed by atoms with E-state index in [2.05, 4.69) is 20.5 Å². The minimum absolute atomic E-state index is 0.153. The first-order valence-electron chi connectivity index (χ1n) is 4.74. The van der Waals surface area contributed by atoms with Crippen molar-refractivity contribution in [3.63, 3.8) is 0 Å². The van der Waals surface area contributed by atoms with Crippen LogP contribution in [-0.2, 0) is 11.2 Å². The molecule has 0 aromatic carbocycles. The van der Waals surface area contributed by atoms with E-state index >= 15 is 0 Å². The van der Waals surface area contributed by atoms with Gasteiger partial charge >= 0.3 is 0 Å². The molecule has 4 N–H and O–H groups in total. The molecule has 2 aromatic rings. The number of hydrogen-bond acceptors (Lipinski definition) is 4. The number of carbonyl (C=O) groups excluding carboxylic acids is 1. The fourth-order valence-corrected chi connectivity index (χ4v) is 1.29. The second-order valence-corrected chi connectivity index (χ2v) is 3.27. The van der Waals surface area contributed by atoms with Crippen molar-refractivity contribution in [2.45, 2.75) is 6.42 Å². The van der Waals surface area contributed by atoms with Crippen LogP contribution in [0.1, 0.15) is 5.69 Å². The Hall–Kier alpha value is -2.37. The first-order chi connectivity index (χ1) is 7.74. The summed E-state index contributed by atoms with van der Waals surface area (Å²) in [4.78, 5) is 15.6. The molecular weight excluding hydrogens is 206 g/mol. The molecule has 0 unspecified atom stereocenters. The summed E-state index contributed by atoms with van der Waals surface area (Å²) >= 11 is 0. The van der Waals surface area contributed by atoms with Crippen molar-refractivity contribution >= 4 is 17.4 Å². The number of nitrogens with zero attached hydrogens (tertiary/aromatic N) is 2. The fraction of sp³-hybridized carbons (Fsp3) is 0.100. The summed E-state index contributed by atoms with van der Waals surface area (Å²) in [5.74, 6) is 0.258. The van der Waals surface area contributed by atoms with E-state index in [-0.39, 0.29) is 12.3 Å². The van der Waals surface area contributed by atoms with Gasteiger partial charge in [-0.2, -0.15) is 5.10 Å². The Labute approximate surface area is 91.9 Å². The number of nitrogens with one attached hydrogen (secondary N) is 2. The molecule has 0 fully saturated rings. The molecule has 0 aliphatic carbocycles. The van der Waals surface area contributed by atoms with E-state index in [1.54, 1.807) is 24.4 Å². The van der Waals surface area contributed by atoms with Crippen LogP contribution in [0.25, 0.3) is 0 Å². The van der Waals surface area contributed by atoms with Gasteiger partial charge in [-0.05, 0) is 12.1 Å². The average molecular weight is 217 g/mol. The number of carbonyl (C=O) groups is 1. The van der Waals surface area contributed by atoms with Crippen LogP contribution in [0, 0.1) is 0 Å². The predicted octanol–water partition coefficient (Wildman–Crippen LogP) is 0.568. The third-order valence-corrected chi connectivity index (χ3v) is 1.95. The summed E-state index contributed by atoms with van der Waals surface area (Å²) in [6.45, 7) is 0.